The molecule has 1 aromatic rings. The second-order valence-electron chi connectivity index (χ2n) is 5.24. The monoisotopic (exact) mass is 393 g/mol. The van der Waals surface area contributed by atoms with Crippen LogP contribution >= 0.6 is 0 Å². The van der Waals surface area contributed by atoms with Gasteiger partial charge in [0.15, 0.2) is 0 Å². The first-order chi connectivity index (χ1) is 12.2. The van der Waals surface area contributed by atoms with E-state index in [0.29, 0.717) is 18.5 Å². The third kappa shape index (κ3) is 7.35. The molecule has 0 radical (unpaired) electrons. The number of hydroxylamine groups is 2. The first kappa shape index (κ1) is 21.8. The van der Waals surface area contributed by atoms with E-state index >= 15 is 0 Å². The number of carbonyl (C=O) groups is 2. The summed E-state index contributed by atoms with van der Waals surface area (Å²) in [6, 6.07) is -0.212. The molecule has 0 aliphatic carbocycles. The smallest absolute Gasteiger partial charge is 0.311 e. The third-order valence-electron chi connectivity index (χ3n) is 3.24. The van der Waals surface area contributed by atoms with Crippen LogP contribution in [0, 0.1) is 0 Å². The van der Waals surface area contributed by atoms with E-state index in [1.165, 1.54) is 0 Å². The van der Waals surface area contributed by atoms with Crippen LogP contribution in [-0.2, 0) is 38.0 Å². The normalized spacial score (nSPS) is 12.5. The van der Waals surface area contributed by atoms with Crippen molar-refractivity contribution in [2.45, 2.75) is 39.3 Å². The Kier molecular flexibility index (Phi) is 8.44. The Morgan fingerprint density at radius 2 is 2.08 bits per heavy atom. The number of hydrogen-bond donors (Lipinski definition) is 3. The fourth-order valence-electron chi connectivity index (χ4n) is 2.14. The van der Waals surface area contributed by atoms with E-state index in [-0.39, 0.29) is 13.2 Å². The van der Waals surface area contributed by atoms with E-state index in [1.54, 1.807) is 36.4 Å². The number of amides is 3. The minimum atomic E-state index is -4.85. The van der Waals surface area contributed by atoms with E-state index in [4.69, 9.17) is 9.39 Å². The topological polar surface area (TPSA) is 152 Å². The fourth-order valence-corrected chi connectivity index (χ4v) is 2.32. The second-order valence-corrected chi connectivity index (χ2v) is 6.27. The summed E-state index contributed by atoms with van der Waals surface area (Å²) in [6.07, 6.45) is 2.59. The number of rotatable bonds is 10. The molecule has 0 aliphatic rings. The van der Waals surface area contributed by atoms with Gasteiger partial charge in [-0.1, -0.05) is 13.3 Å². The van der Waals surface area contributed by atoms with Gasteiger partial charge in [0.1, 0.15) is 12.6 Å². The van der Waals surface area contributed by atoms with Crippen LogP contribution in [0.3, 0.4) is 0 Å². The highest BCUT2D eigenvalue weighted by molar-refractivity contribution is 7.80. The molecule has 0 saturated heterocycles. The first-order valence-corrected chi connectivity index (χ1v) is 9.17. The Balaban J connectivity index is 2.66. The van der Waals surface area contributed by atoms with Crippen molar-refractivity contribution in [1.29, 1.82) is 0 Å². The van der Waals surface area contributed by atoms with Crippen LogP contribution in [0.4, 0.5) is 4.79 Å². The minimum absolute atomic E-state index is 0.0373. The highest BCUT2D eigenvalue weighted by Crippen LogP contribution is 2.09. The molecule has 0 spiro atoms. The predicted molar refractivity (Wildman–Crippen MR) is 88.4 cm³/mol. The molecule has 0 aliphatic heterocycles. The number of aromatic nitrogens is 2. The molecule has 3 amide bonds. The summed E-state index contributed by atoms with van der Waals surface area (Å²) >= 11 is 0. The maximum atomic E-state index is 12.3. The minimum Gasteiger partial charge on any atom is -0.311 e. The first-order valence-electron chi connectivity index (χ1n) is 7.80. The van der Waals surface area contributed by atoms with Gasteiger partial charge in [-0.05, 0) is 19.4 Å². The van der Waals surface area contributed by atoms with Crippen molar-refractivity contribution in [2.24, 2.45) is 7.05 Å². The molecule has 26 heavy (non-hydrogen) atoms. The van der Waals surface area contributed by atoms with Crippen LogP contribution in [0.5, 0.6) is 0 Å². The molecule has 3 N–H and O–H groups in total. The molecule has 148 valence electrons. The number of hydrogen-bond acceptors (Lipinski definition) is 7. The van der Waals surface area contributed by atoms with Gasteiger partial charge in [-0.15, -0.1) is 4.28 Å². The zero-order valence-corrected chi connectivity index (χ0v) is 15.5. The van der Waals surface area contributed by atoms with Crippen LogP contribution in [0.1, 0.15) is 32.4 Å². The second kappa shape index (κ2) is 10.1. The third-order valence-corrected chi connectivity index (χ3v) is 3.53. The Morgan fingerprint density at radius 1 is 1.38 bits per heavy atom. The van der Waals surface area contributed by atoms with Crippen molar-refractivity contribution in [1.82, 2.24) is 25.6 Å². The molecule has 12 nitrogen and oxygen atoms in total. The zero-order chi connectivity index (χ0) is 19.7. The van der Waals surface area contributed by atoms with E-state index in [1.807, 2.05) is 6.92 Å². The summed E-state index contributed by atoms with van der Waals surface area (Å²) in [6.45, 7) is 3.53. The van der Waals surface area contributed by atoms with Gasteiger partial charge in [-0.2, -0.15) is 19.0 Å². The van der Waals surface area contributed by atoms with Gasteiger partial charge in [0.05, 0.1) is 5.69 Å². The van der Waals surface area contributed by atoms with Crippen molar-refractivity contribution in [2.75, 3.05) is 6.54 Å². The molecule has 1 aromatic heterocycles. The molecule has 0 aromatic carbocycles. The molecule has 0 saturated carbocycles. The van der Waals surface area contributed by atoms with Crippen molar-refractivity contribution >= 4 is 22.3 Å². The van der Waals surface area contributed by atoms with Crippen molar-refractivity contribution in [3.63, 3.8) is 0 Å². The van der Waals surface area contributed by atoms with E-state index in [0.717, 1.165) is 4.90 Å². The number of urea groups is 1. The molecule has 1 rings (SSSR count). The Bertz CT molecular complexity index is 705. The number of nitrogens with one attached hydrogen (secondary N) is 2. The Hall–Kier alpha value is -2.22. The van der Waals surface area contributed by atoms with Gasteiger partial charge in [0.25, 0.3) is 5.91 Å². The maximum Gasteiger partial charge on any atom is 0.418 e. The SMILES string of the molecule is CCC[C@@H](C(=O)NOCc1ccn(C)n1)N(CC)C(=O)NOS(=O)(=O)O. The van der Waals surface area contributed by atoms with E-state index < -0.39 is 28.4 Å². The van der Waals surface area contributed by atoms with Gasteiger partial charge in [-0.3, -0.25) is 18.9 Å². The molecule has 0 fully saturated rings. The lowest BCUT2D eigenvalue weighted by atomic mass is 10.1. The molecule has 1 heterocycles. The van der Waals surface area contributed by atoms with Gasteiger partial charge in [-0.25, -0.2) is 10.3 Å². The van der Waals surface area contributed by atoms with Crippen LogP contribution in [0.25, 0.3) is 0 Å². The molecule has 13 heteroatoms. The average molecular weight is 393 g/mol. The molecule has 1 atom stereocenters. The summed E-state index contributed by atoms with van der Waals surface area (Å²) in [4.78, 5) is 30.5. The van der Waals surface area contributed by atoms with Crippen LogP contribution in [-0.4, -0.2) is 52.2 Å². The van der Waals surface area contributed by atoms with E-state index in [2.05, 4.69) is 14.9 Å². The Morgan fingerprint density at radius 3 is 2.58 bits per heavy atom. The van der Waals surface area contributed by atoms with Crippen molar-refractivity contribution in [3.8, 4) is 0 Å². The number of nitrogens with zero attached hydrogens (tertiary/aromatic N) is 3. The number of carbonyl (C=O) groups excluding carboxylic acids is 2. The predicted octanol–water partition coefficient (Wildman–Crippen LogP) is -0.0975. The quantitative estimate of drug-likeness (QED) is 0.368. The molecular formula is C13H23N5O7S. The van der Waals surface area contributed by atoms with Gasteiger partial charge in [0, 0.05) is 19.8 Å². The summed E-state index contributed by atoms with van der Waals surface area (Å²) < 4.78 is 35.0. The van der Waals surface area contributed by atoms with Crippen molar-refractivity contribution < 1.29 is 31.7 Å². The summed E-state index contributed by atoms with van der Waals surface area (Å²) in [5, 5.41) is 4.08. The van der Waals surface area contributed by atoms with E-state index in [9.17, 15) is 18.0 Å². The zero-order valence-electron chi connectivity index (χ0n) is 14.7. The standard InChI is InChI=1S/C13H23N5O7S/c1-4-6-11(18(5-2)13(20)16-25-26(21,22)23)12(19)15-24-9-10-7-8-17(3)14-10/h7-8,11H,4-6,9H2,1-3H3,(H,15,19)(H,16,20)(H,21,22,23)/t11-/m0/s1. The summed E-state index contributed by atoms with van der Waals surface area (Å²) in [7, 11) is -3.11. The van der Waals surface area contributed by atoms with Gasteiger partial charge >= 0.3 is 16.4 Å². The largest absolute Gasteiger partial charge is 0.418 e. The van der Waals surface area contributed by atoms with Gasteiger partial charge < -0.3 is 4.90 Å². The Labute approximate surface area is 151 Å². The molecule has 0 bridgehead atoms. The lowest BCUT2D eigenvalue weighted by Crippen LogP contribution is -2.52. The lowest BCUT2D eigenvalue weighted by Gasteiger charge is -2.28. The van der Waals surface area contributed by atoms with Crippen molar-refractivity contribution in [3.05, 3.63) is 18.0 Å². The van der Waals surface area contributed by atoms with Crippen LogP contribution in [0.2, 0.25) is 0 Å². The summed E-state index contributed by atoms with van der Waals surface area (Å²) in [5.41, 5.74) is 4.42. The number of likely N-dealkylation sites (N-methyl/N-ethyl adjacent to an activating group) is 1. The lowest BCUT2D eigenvalue weighted by molar-refractivity contribution is -0.139. The highest BCUT2D eigenvalue weighted by atomic mass is 32.3. The maximum absolute atomic E-state index is 12.3. The average Bonchev–Trinajstić information content (AvgIpc) is 2.97. The van der Waals surface area contributed by atoms with Crippen LogP contribution < -0.4 is 11.0 Å². The molecular weight excluding hydrogens is 370 g/mol. The van der Waals surface area contributed by atoms with Gasteiger partial charge in [0.2, 0.25) is 0 Å². The fraction of sp³-hybridized carbons (Fsp3) is 0.615. The molecule has 0 unspecified atom stereocenters. The summed E-state index contributed by atoms with van der Waals surface area (Å²) in [5.74, 6) is -0.591. The number of aryl methyl sites for hydroxylation is 1. The van der Waals surface area contributed by atoms with Crippen LogP contribution in [0.15, 0.2) is 12.3 Å². The highest BCUT2D eigenvalue weighted by Gasteiger charge is 2.29.